The molecular formula is C23H24N4O3. The number of amides is 1. The fourth-order valence-corrected chi connectivity index (χ4v) is 3.34. The van der Waals surface area contributed by atoms with Crippen LogP contribution < -0.4 is 10.1 Å². The van der Waals surface area contributed by atoms with E-state index in [-0.39, 0.29) is 5.91 Å². The van der Waals surface area contributed by atoms with E-state index >= 15 is 0 Å². The van der Waals surface area contributed by atoms with Crippen molar-refractivity contribution in [3.05, 3.63) is 66.7 Å². The molecule has 0 radical (unpaired) electrons. The molecule has 0 saturated heterocycles. The molecule has 0 bridgehead atoms. The van der Waals surface area contributed by atoms with Gasteiger partial charge in [0.25, 0.3) is 0 Å². The van der Waals surface area contributed by atoms with Crippen LogP contribution in [0.25, 0.3) is 22.3 Å². The summed E-state index contributed by atoms with van der Waals surface area (Å²) in [6.45, 7) is 1.49. The van der Waals surface area contributed by atoms with Gasteiger partial charge >= 0.3 is 0 Å². The van der Waals surface area contributed by atoms with E-state index in [4.69, 9.17) is 9.26 Å². The van der Waals surface area contributed by atoms with Crippen molar-refractivity contribution >= 4 is 16.8 Å². The second-order valence-corrected chi connectivity index (χ2v) is 7.01. The molecule has 7 heteroatoms. The highest BCUT2D eigenvalue weighted by atomic mass is 16.5. The highest BCUT2D eigenvalue weighted by Gasteiger charge is 2.11. The Balaban J connectivity index is 1.20. The predicted molar refractivity (Wildman–Crippen MR) is 114 cm³/mol. The zero-order valence-corrected chi connectivity index (χ0v) is 16.9. The Labute approximate surface area is 174 Å². The third kappa shape index (κ3) is 4.68. The topological polar surface area (TPSA) is 82.2 Å². The molecule has 0 unspecified atom stereocenters. The Morgan fingerprint density at radius 2 is 1.97 bits per heavy atom. The normalized spacial score (nSPS) is 11.0. The quantitative estimate of drug-likeness (QED) is 0.429. The maximum absolute atomic E-state index is 12.1. The lowest BCUT2D eigenvalue weighted by atomic mass is 10.2. The second-order valence-electron chi connectivity index (χ2n) is 7.01. The van der Waals surface area contributed by atoms with Crippen LogP contribution in [0.1, 0.15) is 18.7 Å². The molecule has 30 heavy (non-hydrogen) atoms. The average Bonchev–Trinajstić information content (AvgIpc) is 3.43. The maximum Gasteiger partial charge on any atom is 0.227 e. The van der Waals surface area contributed by atoms with Gasteiger partial charge in [-0.1, -0.05) is 23.4 Å². The standard InChI is InChI=1S/C23H24N4O3/c1-29-19-9-7-18(8-10-19)23-25-22(30-26-23)12-11-21(28)24-14-4-15-27-16-13-17-5-2-3-6-20(17)27/h2-3,5-10,13,16H,4,11-12,14-15H2,1H3,(H,24,28). The number of hydrogen-bond acceptors (Lipinski definition) is 5. The van der Waals surface area contributed by atoms with Crippen LogP contribution >= 0.6 is 0 Å². The lowest BCUT2D eigenvalue weighted by Gasteiger charge is -2.07. The lowest BCUT2D eigenvalue weighted by Crippen LogP contribution is -2.25. The molecule has 0 atom stereocenters. The summed E-state index contributed by atoms with van der Waals surface area (Å²) in [4.78, 5) is 16.5. The number of fused-ring (bicyclic) bond motifs is 1. The van der Waals surface area contributed by atoms with Gasteiger partial charge in [-0.15, -0.1) is 0 Å². The molecule has 2 aromatic carbocycles. The molecule has 1 N–H and O–H groups in total. The molecule has 0 spiro atoms. The van der Waals surface area contributed by atoms with E-state index in [9.17, 15) is 4.79 Å². The number of para-hydroxylation sites is 1. The van der Waals surface area contributed by atoms with Gasteiger partial charge < -0.3 is 19.1 Å². The minimum absolute atomic E-state index is 0.0171. The number of nitrogens with one attached hydrogen (secondary N) is 1. The smallest absolute Gasteiger partial charge is 0.227 e. The van der Waals surface area contributed by atoms with Gasteiger partial charge in [0.05, 0.1) is 7.11 Å². The summed E-state index contributed by atoms with van der Waals surface area (Å²) in [6.07, 6.45) is 3.68. The van der Waals surface area contributed by atoms with Crippen LogP contribution in [-0.2, 0) is 17.8 Å². The molecule has 2 heterocycles. The summed E-state index contributed by atoms with van der Waals surface area (Å²) in [7, 11) is 1.62. The molecule has 0 aliphatic carbocycles. The first kappa shape index (κ1) is 19.7. The van der Waals surface area contributed by atoms with Crippen molar-refractivity contribution in [2.75, 3.05) is 13.7 Å². The predicted octanol–water partition coefficient (Wildman–Crippen LogP) is 3.84. The van der Waals surface area contributed by atoms with Crippen LogP contribution in [-0.4, -0.2) is 34.3 Å². The molecule has 0 aliphatic rings. The van der Waals surface area contributed by atoms with E-state index in [1.165, 1.54) is 10.9 Å². The molecule has 0 saturated carbocycles. The van der Waals surface area contributed by atoms with Gasteiger partial charge in [-0.3, -0.25) is 4.79 Å². The third-order valence-corrected chi connectivity index (χ3v) is 4.96. The summed E-state index contributed by atoms with van der Waals surface area (Å²) in [5.74, 6) is 1.71. The van der Waals surface area contributed by atoms with E-state index in [1.807, 2.05) is 36.4 Å². The largest absolute Gasteiger partial charge is 0.497 e. The summed E-state index contributed by atoms with van der Waals surface area (Å²) in [5.41, 5.74) is 2.06. The van der Waals surface area contributed by atoms with E-state index < -0.39 is 0 Å². The highest BCUT2D eigenvalue weighted by molar-refractivity contribution is 5.79. The Bertz CT molecular complexity index is 1110. The van der Waals surface area contributed by atoms with Crippen molar-refractivity contribution in [3.63, 3.8) is 0 Å². The van der Waals surface area contributed by atoms with Crippen molar-refractivity contribution in [2.45, 2.75) is 25.8 Å². The van der Waals surface area contributed by atoms with Gasteiger partial charge in [0.1, 0.15) is 5.75 Å². The number of benzene rings is 2. The van der Waals surface area contributed by atoms with Crippen molar-refractivity contribution < 1.29 is 14.1 Å². The van der Waals surface area contributed by atoms with Crippen LogP contribution in [0.15, 0.2) is 65.3 Å². The van der Waals surface area contributed by atoms with E-state index in [0.717, 1.165) is 24.3 Å². The summed E-state index contributed by atoms with van der Waals surface area (Å²) in [5, 5.41) is 8.18. The Kier molecular flexibility index (Phi) is 6.08. The van der Waals surface area contributed by atoms with Gasteiger partial charge in [0.2, 0.25) is 17.6 Å². The van der Waals surface area contributed by atoms with Crippen molar-refractivity contribution in [1.82, 2.24) is 20.0 Å². The molecule has 0 aliphatic heterocycles. The number of nitrogens with zero attached hydrogens (tertiary/aromatic N) is 3. The van der Waals surface area contributed by atoms with Crippen molar-refractivity contribution in [1.29, 1.82) is 0 Å². The first-order chi connectivity index (χ1) is 14.7. The van der Waals surface area contributed by atoms with Gasteiger partial charge in [-0.05, 0) is 48.2 Å². The Hall–Kier alpha value is -3.61. The van der Waals surface area contributed by atoms with E-state index in [0.29, 0.717) is 31.1 Å². The van der Waals surface area contributed by atoms with Crippen molar-refractivity contribution in [2.24, 2.45) is 0 Å². The molecule has 0 fully saturated rings. The van der Waals surface area contributed by atoms with Crippen LogP contribution in [0.5, 0.6) is 5.75 Å². The van der Waals surface area contributed by atoms with E-state index in [1.54, 1.807) is 7.11 Å². The number of aromatic nitrogens is 3. The van der Waals surface area contributed by atoms with Crippen molar-refractivity contribution in [3.8, 4) is 17.1 Å². The second kappa shape index (κ2) is 9.26. The third-order valence-electron chi connectivity index (χ3n) is 4.96. The fraction of sp³-hybridized carbons (Fsp3) is 0.261. The van der Waals surface area contributed by atoms with Crippen LogP contribution in [0.2, 0.25) is 0 Å². The number of rotatable bonds is 9. The Morgan fingerprint density at radius 3 is 2.80 bits per heavy atom. The summed E-state index contributed by atoms with van der Waals surface area (Å²) < 4.78 is 12.6. The molecule has 4 aromatic rings. The van der Waals surface area contributed by atoms with Crippen LogP contribution in [0, 0.1) is 0 Å². The maximum atomic E-state index is 12.1. The molecule has 154 valence electrons. The average molecular weight is 404 g/mol. The number of methoxy groups -OCH3 is 1. The Morgan fingerprint density at radius 1 is 1.13 bits per heavy atom. The van der Waals surface area contributed by atoms with Gasteiger partial charge in [0, 0.05) is 43.2 Å². The first-order valence-electron chi connectivity index (χ1n) is 10.0. The zero-order valence-electron chi connectivity index (χ0n) is 16.9. The molecule has 2 aromatic heterocycles. The minimum Gasteiger partial charge on any atom is -0.497 e. The molecular weight excluding hydrogens is 380 g/mol. The number of ether oxygens (including phenoxy) is 1. The van der Waals surface area contributed by atoms with Gasteiger partial charge in [-0.25, -0.2) is 0 Å². The number of aryl methyl sites for hydroxylation is 2. The summed E-state index contributed by atoms with van der Waals surface area (Å²) >= 11 is 0. The molecule has 4 rings (SSSR count). The number of carbonyl (C=O) groups excluding carboxylic acids is 1. The number of hydrogen-bond donors (Lipinski definition) is 1. The fourth-order valence-electron chi connectivity index (χ4n) is 3.34. The van der Waals surface area contributed by atoms with E-state index in [2.05, 4.69) is 44.4 Å². The summed E-state index contributed by atoms with van der Waals surface area (Å²) in [6, 6.07) is 17.8. The van der Waals surface area contributed by atoms with Gasteiger partial charge in [-0.2, -0.15) is 4.98 Å². The lowest BCUT2D eigenvalue weighted by molar-refractivity contribution is -0.121. The monoisotopic (exact) mass is 404 g/mol. The van der Waals surface area contributed by atoms with Gasteiger partial charge in [0.15, 0.2) is 0 Å². The SMILES string of the molecule is COc1ccc(-c2noc(CCC(=O)NCCCn3ccc4ccccc43)n2)cc1. The minimum atomic E-state index is -0.0171. The highest BCUT2D eigenvalue weighted by Crippen LogP contribution is 2.20. The van der Waals surface area contributed by atoms with Crippen LogP contribution in [0.4, 0.5) is 0 Å². The first-order valence-corrected chi connectivity index (χ1v) is 10.0. The van der Waals surface area contributed by atoms with Crippen LogP contribution in [0.3, 0.4) is 0 Å². The molecule has 1 amide bonds. The molecule has 7 nitrogen and oxygen atoms in total. The zero-order chi connectivity index (χ0) is 20.8. The number of carbonyl (C=O) groups is 1.